The Morgan fingerprint density at radius 2 is 1.52 bits per heavy atom. The summed E-state index contributed by atoms with van der Waals surface area (Å²) in [5, 5.41) is 24.1. The summed E-state index contributed by atoms with van der Waals surface area (Å²) in [5.74, 6) is -2.39. The van der Waals surface area contributed by atoms with Gasteiger partial charge in [-0.2, -0.15) is 0 Å². The second kappa shape index (κ2) is 15.3. The first-order chi connectivity index (χ1) is 10.5. The predicted molar refractivity (Wildman–Crippen MR) is 83.0 cm³/mol. The minimum Gasteiger partial charge on any atom is -0.480 e. The molecule has 0 aliphatic heterocycles. The molecular weight excluding hydrogens is 310 g/mol. The first-order valence-electron chi connectivity index (χ1n) is 6.84. The maximum Gasteiger partial charge on any atom is 0.333 e. The number of aliphatic carboxylic acids is 1. The molecule has 9 N–H and O–H groups in total. The van der Waals surface area contributed by atoms with Gasteiger partial charge in [0.15, 0.2) is 0 Å². The maximum absolute atomic E-state index is 10.8. The standard InChI is InChI=1S/C6H12N2O4.C6H13NO2.CH4O/c1-3(9)5(8)6(11)12-4(10)2-7;1-4(2)3-5(7)6(8)9;1-2/h3,5,9H,2,7-8H2,1H3;4-5H,3,7H2,1-2H3,(H,8,9);2H,1H3/t3-,5+;5-;/m10./s1. The molecule has 0 saturated carbocycles. The summed E-state index contributed by atoms with van der Waals surface area (Å²) >= 11 is 0. The highest BCUT2D eigenvalue weighted by Crippen LogP contribution is 2.01. The summed E-state index contributed by atoms with van der Waals surface area (Å²) in [6.45, 7) is 4.82. The second-order valence-corrected chi connectivity index (χ2v) is 4.84. The molecule has 0 aromatic rings. The van der Waals surface area contributed by atoms with E-state index < -0.39 is 42.6 Å². The van der Waals surface area contributed by atoms with Crippen LogP contribution in [0.25, 0.3) is 0 Å². The van der Waals surface area contributed by atoms with Crippen molar-refractivity contribution < 1.29 is 34.4 Å². The van der Waals surface area contributed by atoms with E-state index in [9.17, 15) is 14.4 Å². The van der Waals surface area contributed by atoms with Gasteiger partial charge < -0.3 is 37.3 Å². The number of aliphatic hydroxyl groups is 2. The van der Waals surface area contributed by atoms with Crippen molar-refractivity contribution in [2.45, 2.75) is 45.4 Å². The van der Waals surface area contributed by atoms with E-state index in [1.165, 1.54) is 6.92 Å². The van der Waals surface area contributed by atoms with Crippen LogP contribution in [-0.4, -0.2) is 65.1 Å². The molecule has 0 amide bonds. The molecule has 0 saturated heterocycles. The Labute approximate surface area is 135 Å². The average molecular weight is 339 g/mol. The number of carboxylic acid groups (broad SMARTS) is 1. The van der Waals surface area contributed by atoms with Crippen LogP contribution in [0.5, 0.6) is 0 Å². The summed E-state index contributed by atoms with van der Waals surface area (Å²) < 4.78 is 4.13. The number of rotatable bonds is 6. The van der Waals surface area contributed by atoms with Crippen LogP contribution < -0.4 is 17.2 Å². The van der Waals surface area contributed by atoms with Gasteiger partial charge in [0.1, 0.15) is 12.1 Å². The van der Waals surface area contributed by atoms with Crippen molar-refractivity contribution in [2.24, 2.45) is 23.1 Å². The highest BCUT2D eigenvalue weighted by Gasteiger charge is 2.22. The molecule has 10 nitrogen and oxygen atoms in total. The van der Waals surface area contributed by atoms with Gasteiger partial charge in [-0.25, -0.2) is 4.79 Å². The number of carbonyl (C=O) groups excluding carboxylic acids is 2. The molecule has 0 heterocycles. The largest absolute Gasteiger partial charge is 0.480 e. The van der Waals surface area contributed by atoms with E-state index in [0.717, 1.165) is 7.11 Å². The fourth-order valence-corrected chi connectivity index (χ4v) is 1.03. The van der Waals surface area contributed by atoms with E-state index in [0.29, 0.717) is 12.3 Å². The lowest BCUT2D eigenvalue weighted by atomic mass is 10.1. The van der Waals surface area contributed by atoms with Gasteiger partial charge in [0.25, 0.3) is 0 Å². The summed E-state index contributed by atoms with van der Waals surface area (Å²) in [6, 6.07) is -1.90. The van der Waals surface area contributed by atoms with E-state index in [1.54, 1.807) is 0 Å². The Hall–Kier alpha value is -1.59. The number of carbonyl (C=O) groups is 3. The van der Waals surface area contributed by atoms with Crippen LogP contribution in [0.3, 0.4) is 0 Å². The topological polar surface area (TPSA) is 199 Å². The first-order valence-corrected chi connectivity index (χ1v) is 6.84. The molecule has 0 aliphatic carbocycles. The molecule has 0 bridgehead atoms. The zero-order valence-electron chi connectivity index (χ0n) is 13.9. The third-order valence-electron chi connectivity index (χ3n) is 2.22. The van der Waals surface area contributed by atoms with Crippen molar-refractivity contribution >= 4 is 17.9 Å². The smallest absolute Gasteiger partial charge is 0.333 e. The van der Waals surface area contributed by atoms with Gasteiger partial charge in [-0.15, -0.1) is 0 Å². The van der Waals surface area contributed by atoms with Gasteiger partial charge in [-0.3, -0.25) is 9.59 Å². The number of ether oxygens (including phenoxy) is 1. The third-order valence-corrected chi connectivity index (χ3v) is 2.22. The predicted octanol–water partition coefficient (Wildman–Crippen LogP) is -2.22. The normalized spacial score (nSPS) is 13.5. The quantitative estimate of drug-likeness (QED) is 0.227. The molecule has 10 heteroatoms. The van der Waals surface area contributed by atoms with Gasteiger partial charge in [0.05, 0.1) is 12.6 Å². The molecule has 0 aliphatic rings. The summed E-state index contributed by atoms with van der Waals surface area (Å²) in [4.78, 5) is 31.3. The molecule has 0 aromatic heterocycles. The van der Waals surface area contributed by atoms with Crippen molar-refractivity contribution in [2.75, 3.05) is 13.7 Å². The van der Waals surface area contributed by atoms with Crippen molar-refractivity contribution in [1.29, 1.82) is 0 Å². The molecule has 0 rings (SSSR count). The van der Waals surface area contributed by atoms with Crippen LogP contribution in [-0.2, 0) is 19.1 Å². The Morgan fingerprint density at radius 3 is 1.74 bits per heavy atom. The van der Waals surface area contributed by atoms with Gasteiger partial charge in [0.2, 0.25) is 0 Å². The number of hydrogen-bond donors (Lipinski definition) is 6. The first kappa shape index (κ1) is 26.3. The Balaban J connectivity index is -0.000000324. The highest BCUT2D eigenvalue weighted by molar-refractivity contribution is 5.89. The molecule has 138 valence electrons. The van der Waals surface area contributed by atoms with Crippen molar-refractivity contribution in [1.82, 2.24) is 0 Å². The Morgan fingerprint density at radius 1 is 1.09 bits per heavy atom. The minimum absolute atomic E-state index is 0.357. The number of carboxylic acids is 1. The van der Waals surface area contributed by atoms with Crippen molar-refractivity contribution in [3.05, 3.63) is 0 Å². The van der Waals surface area contributed by atoms with E-state index in [1.807, 2.05) is 13.8 Å². The number of hydrogen-bond acceptors (Lipinski definition) is 9. The van der Waals surface area contributed by atoms with E-state index in [2.05, 4.69) is 4.74 Å². The summed E-state index contributed by atoms with van der Waals surface area (Å²) in [7, 11) is 1.00. The van der Waals surface area contributed by atoms with Crippen LogP contribution >= 0.6 is 0 Å². The van der Waals surface area contributed by atoms with Crippen molar-refractivity contribution in [3.63, 3.8) is 0 Å². The monoisotopic (exact) mass is 339 g/mol. The van der Waals surface area contributed by atoms with Crippen LogP contribution in [0.2, 0.25) is 0 Å². The lowest BCUT2D eigenvalue weighted by molar-refractivity contribution is -0.161. The van der Waals surface area contributed by atoms with Crippen LogP contribution in [0.1, 0.15) is 27.2 Å². The lowest BCUT2D eigenvalue weighted by Gasteiger charge is -2.11. The fourth-order valence-electron chi connectivity index (χ4n) is 1.03. The van der Waals surface area contributed by atoms with Gasteiger partial charge in [0, 0.05) is 7.11 Å². The summed E-state index contributed by atoms with van der Waals surface area (Å²) in [5.41, 5.74) is 15.2. The lowest BCUT2D eigenvalue weighted by Crippen LogP contribution is -2.42. The van der Waals surface area contributed by atoms with Crippen LogP contribution in [0.15, 0.2) is 0 Å². The van der Waals surface area contributed by atoms with E-state index >= 15 is 0 Å². The minimum atomic E-state index is -1.21. The summed E-state index contributed by atoms with van der Waals surface area (Å²) in [6.07, 6.45) is -0.502. The number of aliphatic hydroxyl groups excluding tert-OH is 2. The third kappa shape index (κ3) is 16.6. The molecule has 0 radical (unpaired) electrons. The Kier molecular flexibility index (Phi) is 17.5. The zero-order chi connectivity index (χ0) is 19.2. The highest BCUT2D eigenvalue weighted by atomic mass is 16.6. The number of nitrogens with two attached hydrogens (primary N) is 3. The molecule has 23 heavy (non-hydrogen) atoms. The molecule has 0 aromatic carbocycles. The fraction of sp³-hybridized carbons (Fsp3) is 0.769. The molecule has 0 fully saturated rings. The van der Waals surface area contributed by atoms with Crippen LogP contribution in [0.4, 0.5) is 0 Å². The SMILES string of the molecule is CC(C)C[C@H](N)C(=O)O.CO.C[C@@H](O)[C@H](N)C(=O)OC(=O)CN. The van der Waals surface area contributed by atoms with E-state index in [-0.39, 0.29) is 0 Å². The van der Waals surface area contributed by atoms with E-state index in [4.69, 9.17) is 32.5 Å². The molecule has 0 unspecified atom stereocenters. The zero-order valence-corrected chi connectivity index (χ0v) is 13.9. The van der Waals surface area contributed by atoms with Gasteiger partial charge in [-0.05, 0) is 19.3 Å². The van der Waals surface area contributed by atoms with Crippen LogP contribution in [0, 0.1) is 5.92 Å². The molecule has 3 atom stereocenters. The van der Waals surface area contributed by atoms with Gasteiger partial charge >= 0.3 is 17.9 Å². The molecule has 0 spiro atoms. The maximum atomic E-state index is 10.8. The average Bonchev–Trinajstić information content (AvgIpc) is 2.47. The molecular formula is C13H29N3O7. The van der Waals surface area contributed by atoms with Gasteiger partial charge in [-0.1, -0.05) is 13.8 Å². The Bertz CT molecular complexity index is 348. The van der Waals surface area contributed by atoms with Crippen molar-refractivity contribution in [3.8, 4) is 0 Å². The number of esters is 2. The second-order valence-electron chi connectivity index (χ2n) is 4.84.